The maximum absolute atomic E-state index is 3.86. The highest BCUT2D eigenvalue weighted by Gasteiger charge is 2.61. The van der Waals surface area contributed by atoms with Crippen LogP contribution >= 0.6 is 0 Å². The lowest BCUT2D eigenvalue weighted by molar-refractivity contribution is -0.170. The largest absolute Gasteiger partial charge is 0.106 e. The first kappa shape index (κ1) is 13.7. The van der Waals surface area contributed by atoms with Gasteiger partial charge < -0.3 is 0 Å². The van der Waals surface area contributed by atoms with Crippen LogP contribution in [0.4, 0.5) is 0 Å². The van der Waals surface area contributed by atoms with E-state index in [2.05, 4.69) is 45.3 Å². The van der Waals surface area contributed by atoms with Gasteiger partial charge in [-0.25, -0.2) is 0 Å². The molecule has 2 rings (SSSR count). The molecule has 0 heteroatoms. The minimum atomic E-state index is 0.501. The first-order valence-electron chi connectivity index (χ1n) is 7.56. The van der Waals surface area contributed by atoms with Crippen molar-refractivity contribution in [2.75, 3.05) is 0 Å². The van der Waals surface area contributed by atoms with Crippen LogP contribution in [-0.2, 0) is 0 Å². The van der Waals surface area contributed by atoms with E-state index >= 15 is 0 Å². The summed E-state index contributed by atoms with van der Waals surface area (Å²) in [5.41, 5.74) is 0.501. The number of hydrogen-bond acceptors (Lipinski definition) is 0. The van der Waals surface area contributed by atoms with Crippen molar-refractivity contribution in [3.8, 4) is 11.8 Å². The lowest BCUT2D eigenvalue weighted by Crippen LogP contribution is -2.60. The second-order valence-electron chi connectivity index (χ2n) is 7.02. The molecule has 0 saturated heterocycles. The van der Waals surface area contributed by atoms with E-state index in [1.165, 1.54) is 19.3 Å². The Morgan fingerprint density at radius 3 is 2.72 bits per heavy atom. The molecule has 0 nitrogen and oxygen atoms in total. The first-order valence-corrected chi connectivity index (χ1v) is 7.56. The molecule has 2 aliphatic carbocycles. The standard InChI is InChI=1S/C18H28/c1-6-8-13(3)10-16(9-7-2)18(5)12-15-11-14(4)17(15)18/h6,13-17H,1,8,10-12H2,2-5H3. The van der Waals surface area contributed by atoms with Crippen molar-refractivity contribution in [1.29, 1.82) is 0 Å². The Morgan fingerprint density at radius 1 is 1.50 bits per heavy atom. The highest BCUT2D eigenvalue weighted by Crippen LogP contribution is 2.67. The van der Waals surface area contributed by atoms with Crippen LogP contribution in [0.5, 0.6) is 0 Å². The summed E-state index contributed by atoms with van der Waals surface area (Å²) in [6.07, 6.45) is 7.32. The van der Waals surface area contributed by atoms with Crippen LogP contribution in [0.15, 0.2) is 12.7 Å². The zero-order chi connectivity index (χ0) is 13.3. The molecule has 6 atom stereocenters. The molecule has 0 bridgehead atoms. The third-order valence-electron chi connectivity index (χ3n) is 5.58. The molecule has 0 spiro atoms. The molecule has 100 valence electrons. The topological polar surface area (TPSA) is 0 Å². The van der Waals surface area contributed by atoms with Gasteiger partial charge in [0.1, 0.15) is 0 Å². The van der Waals surface area contributed by atoms with Gasteiger partial charge in [-0.15, -0.1) is 12.5 Å². The van der Waals surface area contributed by atoms with E-state index < -0.39 is 0 Å². The zero-order valence-corrected chi connectivity index (χ0v) is 12.5. The van der Waals surface area contributed by atoms with Gasteiger partial charge in [-0.3, -0.25) is 0 Å². The second kappa shape index (κ2) is 5.12. The van der Waals surface area contributed by atoms with Crippen LogP contribution in [0.25, 0.3) is 0 Å². The molecule has 0 aromatic carbocycles. The van der Waals surface area contributed by atoms with Crippen molar-refractivity contribution in [1.82, 2.24) is 0 Å². The smallest absolute Gasteiger partial charge is 0.0262 e. The summed E-state index contributed by atoms with van der Waals surface area (Å²) in [5.74, 6) is 11.0. The molecule has 18 heavy (non-hydrogen) atoms. The lowest BCUT2D eigenvalue weighted by atomic mass is 9.38. The fourth-order valence-corrected chi connectivity index (χ4v) is 4.80. The van der Waals surface area contributed by atoms with Crippen molar-refractivity contribution in [3.05, 3.63) is 12.7 Å². The monoisotopic (exact) mass is 244 g/mol. The summed E-state index contributed by atoms with van der Waals surface area (Å²) in [4.78, 5) is 0. The quantitative estimate of drug-likeness (QED) is 0.476. The molecule has 0 radical (unpaired) electrons. The molecule has 0 heterocycles. The third-order valence-corrected chi connectivity index (χ3v) is 5.58. The summed E-state index contributed by atoms with van der Waals surface area (Å²) >= 11 is 0. The Labute approximate surface area is 113 Å². The number of hydrogen-bond donors (Lipinski definition) is 0. The van der Waals surface area contributed by atoms with E-state index in [0.29, 0.717) is 11.3 Å². The summed E-state index contributed by atoms with van der Waals surface area (Å²) in [6.45, 7) is 13.1. The van der Waals surface area contributed by atoms with Gasteiger partial charge in [0, 0.05) is 5.92 Å². The average molecular weight is 244 g/mol. The summed E-state index contributed by atoms with van der Waals surface area (Å²) in [5, 5.41) is 0. The van der Waals surface area contributed by atoms with Crippen molar-refractivity contribution in [2.45, 2.75) is 53.4 Å². The number of fused-ring (bicyclic) bond motifs is 1. The molecule has 0 aliphatic heterocycles. The van der Waals surface area contributed by atoms with Gasteiger partial charge in [-0.1, -0.05) is 32.8 Å². The molecule has 0 N–H and O–H groups in total. The van der Waals surface area contributed by atoms with Crippen LogP contribution in [0, 0.1) is 46.8 Å². The molecule has 2 fully saturated rings. The molecule has 0 aromatic heterocycles. The average Bonchev–Trinajstić information content (AvgIpc) is 2.26. The van der Waals surface area contributed by atoms with Crippen molar-refractivity contribution in [2.24, 2.45) is 35.0 Å². The highest BCUT2D eigenvalue weighted by atomic mass is 14.6. The van der Waals surface area contributed by atoms with Crippen LogP contribution in [0.1, 0.15) is 53.4 Å². The Kier molecular flexibility index (Phi) is 3.90. The predicted molar refractivity (Wildman–Crippen MR) is 79.0 cm³/mol. The Bertz CT molecular complexity index is 365. The van der Waals surface area contributed by atoms with Crippen molar-refractivity contribution in [3.63, 3.8) is 0 Å². The number of rotatable bonds is 5. The SMILES string of the molecule is C=CCC(C)CC(C#CC)C1(C)CC2CC(C)C21. The fourth-order valence-electron chi connectivity index (χ4n) is 4.80. The lowest BCUT2D eigenvalue weighted by Gasteiger charge is -2.66. The molecule has 0 amide bonds. The van der Waals surface area contributed by atoms with Gasteiger partial charge in [0.15, 0.2) is 0 Å². The van der Waals surface area contributed by atoms with Gasteiger partial charge in [0.25, 0.3) is 0 Å². The van der Waals surface area contributed by atoms with E-state index in [1.54, 1.807) is 0 Å². The van der Waals surface area contributed by atoms with Gasteiger partial charge in [0.2, 0.25) is 0 Å². The van der Waals surface area contributed by atoms with Gasteiger partial charge in [-0.05, 0) is 61.7 Å². The maximum atomic E-state index is 3.86. The maximum Gasteiger partial charge on any atom is 0.0262 e. The van der Waals surface area contributed by atoms with Gasteiger partial charge >= 0.3 is 0 Å². The third kappa shape index (κ3) is 2.13. The van der Waals surface area contributed by atoms with Crippen LogP contribution in [-0.4, -0.2) is 0 Å². The van der Waals surface area contributed by atoms with Crippen molar-refractivity contribution >= 4 is 0 Å². The molecule has 0 aromatic rings. The van der Waals surface area contributed by atoms with Crippen molar-refractivity contribution < 1.29 is 0 Å². The molecular weight excluding hydrogens is 216 g/mol. The zero-order valence-electron chi connectivity index (χ0n) is 12.5. The minimum Gasteiger partial charge on any atom is -0.106 e. The second-order valence-corrected chi connectivity index (χ2v) is 7.02. The Morgan fingerprint density at radius 2 is 2.22 bits per heavy atom. The predicted octanol–water partition coefficient (Wildman–Crippen LogP) is 4.91. The highest BCUT2D eigenvalue weighted by molar-refractivity contribution is 5.17. The van der Waals surface area contributed by atoms with Crippen LogP contribution < -0.4 is 0 Å². The summed E-state index contributed by atoms with van der Waals surface area (Å²) in [7, 11) is 0. The molecule has 2 saturated carbocycles. The van der Waals surface area contributed by atoms with E-state index in [0.717, 1.165) is 30.1 Å². The normalized spacial score (nSPS) is 40.3. The van der Waals surface area contributed by atoms with E-state index in [-0.39, 0.29) is 0 Å². The molecule has 6 unspecified atom stereocenters. The summed E-state index contributed by atoms with van der Waals surface area (Å²) < 4.78 is 0. The number of allylic oxidation sites excluding steroid dienone is 1. The van der Waals surface area contributed by atoms with E-state index in [9.17, 15) is 0 Å². The first-order chi connectivity index (χ1) is 8.52. The van der Waals surface area contributed by atoms with E-state index in [4.69, 9.17) is 0 Å². The van der Waals surface area contributed by atoms with Crippen LogP contribution in [0.3, 0.4) is 0 Å². The fraction of sp³-hybridized carbons (Fsp3) is 0.778. The Balaban J connectivity index is 2.05. The summed E-state index contributed by atoms with van der Waals surface area (Å²) in [6, 6.07) is 0. The van der Waals surface area contributed by atoms with Crippen LogP contribution in [0.2, 0.25) is 0 Å². The van der Waals surface area contributed by atoms with Gasteiger partial charge in [0.05, 0.1) is 0 Å². The molecular formula is C18H28. The molecule has 2 aliphatic rings. The minimum absolute atomic E-state index is 0.501. The van der Waals surface area contributed by atoms with Gasteiger partial charge in [-0.2, -0.15) is 0 Å². The Hall–Kier alpha value is -0.700. The van der Waals surface area contributed by atoms with E-state index in [1.807, 2.05) is 6.92 Å².